The molecule has 280 valence electrons. The average molecular weight is 767 g/mol. The normalized spacial score (nSPS) is 11.7. The molecule has 0 spiro atoms. The molecule has 0 aliphatic rings. The van der Waals surface area contributed by atoms with Gasteiger partial charge in [-0.15, -0.1) is 0 Å². The highest BCUT2D eigenvalue weighted by Crippen LogP contribution is 2.43. The van der Waals surface area contributed by atoms with E-state index in [1.54, 1.807) is 0 Å². The van der Waals surface area contributed by atoms with Crippen molar-refractivity contribution in [2.45, 2.75) is 0 Å². The van der Waals surface area contributed by atoms with Crippen molar-refractivity contribution < 1.29 is 8.83 Å². The highest BCUT2D eigenvalue weighted by Gasteiger charge is 2.22. The highest BCUT2D eigenvalue weighted by atomic mass is 16.3. The van der Waals surface area contributed by atoms with Crippen molar-refractivity contribution in [1.29, 1.82) is 0 Å². The van der Waals surface area contributed by atoms with E-state index >= 15 is 0 Å². The van der Waals surface area contributed by atoms with Gasteiger partial charge in [-0.25, -0.2) is 9.97 Å². The number of aromatic nitrogens is 2. The maximum absolute atomic E-state index is 6.62. The van der Waals surface area contributed by atoms with E-state index in [0.717, 1.165) is 93.9 Å². The van der Waals surface area contributed by atoms with Crippen molar-refractivity contribution in [2.24, 2.45) is 0 Å². The Labute approximate surface area is 345 Å². The van der Waals surface area contributed by atoms with Crippen LogP contribution >= 0.6 is 0 Å². The van der Waals surface area contributed by atoms with E-state index < -0.39 is 0 Å². The Kier molecular flexibility index (Phi) is 7.82. The molecule has 0 aliphatic carbocycles. The number of nitrogens with zero attached hydrogens (tertiary/aromatic N) is 2. The molecule has 0 amide bonds. The second kappa shape index (κ2) is 13.8. The second-order valence-electron chi connectivity index (χ2n) is 15.3. The van der Waals surface area contributed by atoms with Gasteiger partial charge in [0.25, 0.3) is 0 Å². The van der Waals surface area contributed by atoms with Crippen LogP contribution in [-0.2, 0) is 0 Å². The van der Waals surface area contributed by atoms with Crippen LogP contribution in [0.1, 0.15) is 0 Å². The van der Waals surface area contributed by atoms with Crippen LogP contribution in [0.2, 0.25) is 0 Å². The minimum absolute atomic E-state index is 0.627. The highest BCUT2D eigenvalue weighted by molar-refractivity contribution is 6.20. The topological polar surface area (TPSA) is 52.1 Å². The van der Waals surface area contributed by atoms with Gasteiger partial charge in [-0.3, -0.25) is 0 Å². The third kappa shape index (κ3) is 5.69. The SMILES string of the molecule is c1ccc(-c2cc(-c3ccccc3)cc(-c3cccc(-c4cccc(-c5nc(-c6cccc7c6oc6ccccc67)c6c(ccc7c8ccccc8oc76)n5)c4)c3)c2)cc1. The number of fused-ring (bicyclic) bond motifs is 8. The number of para-hydroxylation sites is 3. The monoisotopic (exact) mass is 766 g/mol. The first-order valence-electron chi connectivity index (χ1n) is 20.2. The van der Waals surface area contributed by atoms with Crippen molar-refractivity contribution in [3.63, 3.8) is 0 Å². The van der Waals surface area contributed by atoms with Crippen molar-refractivity contribution in [2.75, 3.05) is 0 Å². The van der Waals surface area contributed by atoms with Crippen LogP contribution < -0.4 is 0 Å². The third-order valence-electron chi connectivity index (χ3n) is 11.7. The summed E-state index contributed by atoms with van der Waals surface area (Å²) in [5.41, 5.74) is 15.8. The largest absolute Gasteiger partial charge is 0.455 e. The summed E-state index contributed by atoms with van der Waals surface area (Å²) >= 11 is 0. The first-order valence-corrected chi connectivity index (χ1v) is 20.2. The van der Waals surface area contributed by atoms with Gasteiger partial charge in [-0.2, -0.15) is 0 Å². The lowest BCUT2D eigenvalue weighted by atomic mass is 9.92. The molecule has 0 saturated heterocycles. The lowest BCUT2D eigenvalue weighted by Gasteiger charge is -2.13. The zero-order valence-electron chi connectivity index (χ0n) is 32.3. The van der Waals surface area contributed by atoms with Crippen LogP contribution in [-0.4, -0.2) is 9.97 Å². The van der Waals surface area contributed by atoms with Crippen molar-refractivity contribution in [3.05, 3.63) is 206 Å². The Morgan fingerprint density at radius 1 is 0.300 bits per heavy atom. The summed E-state index contributed by atoms with van der Waals surface area (Å²) in [6.07, 6.45) is 0. The van der Waals surface area contributed by atoms with Crippen LogP contribution in [0, 0.1) is 0 Å². The molecule has 0 N–H and O–H groups in total. The van der Waals surface area contributed by atoms with Gasteiger partial charge in [-0.05, 0) is 105 Å². The van der Waals surface area contributed by atoms with Crippen LogP contribution in [0.4, 0.5) is 0 Å². The number of furan rings is 2. The molecule has 0 saturated carbocycles. The Hall–Kier alpha value is -8.08. The summed E-state index contributed by atoms with van der Waals surface area (Å²) in [5.74, 6) is 0.627. The van der Waals surface area contributed by atoms with E-state index in [1.165, 1.54) is 22.3 Å². The molecule has 3 heterocycles. The number of benzene rings is 9. The molecule has 0 unspecified atom stereocenters. The van der Waals surface area contributed by atoms with E-state index in [-0.39, 0.29) is 0 Å². The molecule has 0 fully saturated rings. The van der Waals surface area contributed by atoms with E-state index in [0.29, 0.717) is 5.82 Å². The standard InChI is InChI=1S/C56H34N2O2/c1-3-14-35(15-4-1)41-32-42(36-16-5-2-6-17-36)34-43(33-41)39-20-11-18-37(30-39)38-19-12-21-40(31-38)56-57-49-29-28-47-45-23-8-10-27-51(45)60-55(47)52(49)53(58-56)48-25-13-24-46-44-22-7-9-26-50(44)59-54(46)48/h1-34H. The van der Waals surface area contributed by atoms with Gasteiger partial charge in [0.2, 0.25) is 0 Å². The Bertz CT molecular complexity index is 3540. The lowest BCUT2D eigenvalue weighted by molar-refractivity contribution is 0.669. The molecule has 4 nitrogen and oxygen atoms in total. The molecule has 12 aromatic rings. The van der Waals surface area contributed by atoms with Crippen LogP contribution in [0.25, 0.3) is 122 Å². The van der Waals surface area contributed by atoms with Gasteiger partial charge in [0.1, 0.15) is 22.3 Å². The van der Waals surface area contributed by atoms with Gasteiger partial charge < -0.3 is 8.83 Å². The zero-order valence-corrected chi connectivity index (χ0v) is 32.3. The molecular formula is C56H34N2O2. The van der Waals surface area contributed by atoms with Crippen LogP contribution in [0.3, 0.4) is 0 Å². The maximum Gasteiger partial charge on any atom is 0.160 e. The van der Waals surface area contributed by atoms with Crippen LogP contribution in [0.15, 0.2) is 215 Å². The van der Waals surface area contributed by atoms with E-state index in [4.69, 9.17) is 18.8 Å². The summed E-state index contributed by atoms with van der Waals surface area (Å²) in [6, 6.07) is 72.3. The van der Waals surface area contributed by atoms with Gasteiger partial charge in [0.15, 0.2) is 5.82 Å². The zero-order chi connectivity index (χ0) is 39.6. The molecular weight excluding hydrogens is 733 g/mol. The van der Waals surface area contributed by atoms with Gasteiger partial charge >= 0.3 is 0 Å². The first kappa shape index (κ1) is 34.0. The first-order chi connectivity index (χ1) is 29.7. The summed E-state index contributed by atoms with van der Waals surface area (Å²) in [6.45, 7) is 0. The lowest BCUT2D eigenvalue weighted by Crippen LogP contribution is -1.96. The molecule has 0 atom stereocenters. The Morgan fingerprint density at radius 3 is 1.40 bits per heavy atom. The van der Waals surface area contributed by atoms with Crippen molar-refractivity contribution >= 4 is 54.8 Å². The fourth-order valence-electron chi connectivity index (χ4n) is 8.76. The smallest absolute Gasteiger partial charge is 0.160 e. The Balaban J connectivity index is 1.02. The predicted octanol–water partition coefficient (Wildman–Crippen LogP) is 15.4. The maximum atomic E-state index is 6.62. The summed E-state index contributed by atoms with van der Waals surface area (Å²) in [7, 11) is 0. The molecule has 60 heavy (non-hydrogen) atoms. The molecule has 4 heteroatoms. The number of rotatable bonds is 6. The second-order valence-corrected chi connectivity index (χ2v) is 15.3. The predicted molar refractivity (Wildman–Crippen MR) is 247 cm³/mol. The van der Waals surface area contributed by atoms with Gasteiger partial charge in [0.05, 0.1) is 16.6 Å². The third-order valence-corrected chi connectivity index (χ3v) is 11.7. The molecule has 9 aromatic carbocycles. The summed E-state index contributed by atoms with van der Waals surface area (Å²) in [4.78, 5) is 10.7. The summed E-state index contributed by atoms with van der Waals surface area (Å²) < 4.78 is 13.2. The molecule has 0 radical (unpaired) electrons. The summed E-state index contributed by atoms with van der Waals surface area (Å²) in [5, 5.41) is 5.06. The number of hydrogen-bond donors (Lipinski definition) is 0. The molecule has 0 aliphatic heterocycles. The Morgan fingerprint density at radius 2 is 0.750 bits per heavy atom. The van der Waals surface area contributed by atoms with Crippen molar-refractivity contribution in [3.8, 4) is 67.2 Å². The fraction of sp³-hybridized carbons (Fsp3) is 0. The van der Waals surface area contributed by atoms with Gasteiger partial charge in [-0.1, -0.05) is 146 Å². The van der Waals surface area contributed by atoms with E-state index in [9.17, 15) is 0 Å². The molecule has 3 aromatic heterocycles. The minimum Gasteiger partial charge on any atom is -0.455 e. The number of hydrogen-bond acceptors (Lipinski definition) is 4. The minimum atomic E-state index is 0.627. The van der Waals surface area contributed by atoms with Crippen molar-refractivity contribution in [1.82, 2.24) is 9.97 Å². The van der Waals surface area contributed by atoms with E-state index in [1.807, 2.05) is 36.4 Å². The molecule has 0 bridgehead atoms. The quantitative estimate of drug-likeness (QED) is 0.169. The average Bonchev–Trinajstić information content (AvgIpc) is 3.91. The molecule has 12 rings (SSSR count). The van der Waals surface area contributed by atoms with E-state index in [2.05, 4.69) is 170 Å². The van der Waals surface area contributed by atoms with Gasteiger partial charge in [0, 0.05) is 32.7 Å². The fourth-order valence-corrected chi connectivity index (χ4v) is 8.76. The van der Waals surface area contributed by atoms with Crippen LogP contribution in [0.5, 0.6) is 0 Å².